The highest BCUT2D eigenvalue weighted by Gasteiger charge is 2.32. The van der Waals surface area contributed by atoms with Crippen LogP contribution in [-0.2, 0) is 0 Å². The van der Waals surface area contributed by atoms with Crippen molar-refractivity contribution >= 4 is 60.9 Å². The topological polar surface area (TPSA) is 167 Å². The lowest BCUT2D eigenvalue weighted by Crippen LogP contribution is -2.17. The van der Waals surface area contributed by atoms with E-state index in [9.17, 15) is 31.6 Å². The Bertz CT molecular complexity index is 2150. The molecule has 258 valence electrons. The molecule has 49 heavy (non-hydrogen) atoms. The van der Waals surface area contributed by atoms with E-state index in [0.717, 1.165) is 12.1 Å². The number of ether oxygens (including phenoxy) is 2. The number of alkyl halides is 6. The lowest BCUT2D eigenvalue weighted by Gasteiger charge is -2.12. The molecule has 0 spiro atoms. The van der Waals surface area contributed by atoms with E-state index in [0.29, 0.717) is 70.0 Å². The zero-order valence-corrected chi connectivity index (χ0v) is 26.4. The molecule has 0 atom stereocenters. The van der Waals surface area contributed by atoms with Gasteiger partial charge in [-0.15, -0.1) is 26.3 Å². The highest BCUT2D eigenvalue weighted by Crippen LogP contribution is 2.31. The van der Waals surface area contributed by atoms with Crippen molar-refractivity contribution in [1.82, 2.24) is 28.7 Å². The SMILES string of the molecule is N#Cc1cnc2c(NCCCO)nc3cc(OC(F)(F)F)ccc3n12.OCCCNc1nc2cc(OC(F)(F)F)ccc2n2c(Br)cnc12. The average molecular weight is 756 g/mol. The van der Waals surface area contributed by atoms with E-state index in [2.05, 4.69) is 56.0 Å². The lowest BCUT2D eigenvalue weighted by atomic mass is 10.2. The average Bonchev–Trinajstić information content (AvgIpc) is 3.64. The predicted octanol–water partition coefficient (Wildman–Crippen LogP) is 5.78. The summed E-state index contributed by atoms with van der Waals surface area (Å²) < 4.78 is 86.1. The maximum atomic E-state index is 12.4. The molecule has 0 unspecified atom stereocenters. The molecule has 0 saturated carbocycles. The molecule has 0 radical (unpaired) electrons. The number of benzene rings is 2. The number of nitrogens with zero attached hydrogens (tertiary/aromatic N) is 7. The number of hydrogen-bond donors (Lipinski definition) is 4. The number of anilines is 2. The van der Waals surface area contributed by atoms with Gasteiger partial charge in [-0.2, -0.15) is 5.26 Å². The maximum Gasteiger partial charge on any atom is 0.573 e. The Morgan fingerprint density at radius 3 is 1.69 bits per heavy atom. The Labute approximate surface area is 279 Å². The third-order valence-electron chi connectivity index (χ3n) is 6.58. The summed E-state index contributed by atoms with van der Waals surface area (Å²) in [6.45, 7) is 0.822. The molecule has 6 aromatic rings. The first-order valence-electron chi connectivity index (χ1n) is 14.2. The van der Waals surface area contributed by atoms with Crippen LogP contribution < -0.4 is 20.1 Å². The number of aromatic nitrogens is 6. The van der Waals surface area contributed by atoms with Gasteiger partial charge in [0.1, 0.15) is 27.9 Å². The summed E-state index contributed by atoms with van der Waals surface area (Å²) in [5.74, 6) is -0.0522. The summed E-state index contributed by atoms with van der Waals surface area (Å²) in [7, 11) is 0. The van der Waals surface area contributed by atoms with Crippen LogP contribution in [0, 0.1) is 11.3 Å². The minimum atomic E-state index is -4.81. The van der Waals surface area contributed by atoms with Crippen molar-refractivity contribution in [2.24, 2.45) is 0 Å². The number of hydrogen-bond acceptors (Lipinski definition) is 11. The number of aliphatic hydroxyl groups excluding tert-OH is 2. The quantitative estimate of drug-likeness (QED) is 0.0988. The van der Waals surface area contributed by atoms with Crippen molar-refractivity contribution in [2.75, 3.05) is 36.9 Å². The maximum absolute atomic E-state index is 12.4. The van der Waals surface area contributed by atoms with Gasteiger partial charge in [-0.25, -0.2) is 19.9 Å². The van der Waals surface area contributed by atoms with Crippen LogP contribution in [-0.4, -0.2) is 78.0 Å². The van der Waals surface area contributed by atoms with Gasteiger partial charge in [-0.1, -0.05) is 0 Å². The largest absolute Gasteiger partial charge is 0.573 e. The molecule has 4 heterocycles. The Balaban J connectivity index is 0.000000191. The van der Waals surface area contributed by atoms with E-state index in [1.54, 1.807) is 10.6 Å². The van der Waals surface area contributed by atoms with E-state index >= 15 is 0 Å². The highest BCUT2D eigenvalue weighted by molar-refractivity contribution is 9.10. The van der Waals surface area contributed by atoms with Crippen LogP contribution in [0.2, 0.25) is 0 Å². The first-order chi connectivity index (χ1) is 23.3. The summed E-state index contributed by atoms with van der Waals surface area (Å²) in [6.07, 6.45) is -5.69. The molecule has 4 aromatic heterocycles. The van der Waals surface area contributed by atoms with Gasteiger partial charge < -0.3 is 30.3 Å². The van der Waals surface area contributed by atoms with Crippen molar-refractivity contribution in [3.8, 4) is 17.6 Å². The van der Waals surface area contributed by atoms with Crippen molar-refractivity contribution in [3.63, 3.8) is 0 Å². The fourth-order valence-electron chi connectivity index (χ4n) is 4.68. The minimum absolute atomic E-state index is 0.0125. The molecular weight excluding hydrogens is 732 g/mol. The van der Waals surface area contributed by atoms with E-state index in [1.165, 1.54) is 34.9 Å². The Kier molecular flexibility index (Phi) is 10.4. The summed E-state index contributed by atoms with van der Waals surface area (Å²) in [4.78, 5) is 17.0. The number of rotatable bonds is 10. The number of imidazole rings is 2. The molecule has 0 fully saturated rings. The van der Waals surface area contributed by atoms with Crippen LogP contribution >= 0.6 is 15.9 Å². The van der Waals surface area contributed by atoms with E-state index in [4.69, 9.17) is 10.2 Å². The second kappa shape index (κ2) is 14.6. The van der Waals surface area contributed by atoms with Crippen molar-refractivity contribution in [3.05, 3.63) is 59.1 Å². The second-order valence-corrected chi connectivity index (χ2v) is 10.8. The predicted molar refractivity (Wildman–Crippen MR) is 167 cm³/mol. The summed E-state index contributed by atoms with van der Waals surface area (Å²) in [5.41, 5.74) is 2.63. The number of fused-ring (bicyclic) bond motifs is 6. The number of halogens is 7. The van der Waals surface area contributed by atoms with Crippen LogP contribution in [0.25, 0.3) is 33.4 Å². The standard InChI is InChI=1S/C15H12F3N5O2.C14H12BrF3N4O2/c16-15(17,18)25-10-2-3-12-11(6-10)22-13(20-4-1-5-24)14-21-8-9(7-19)23(12)14;15-11-7-20-13-12(19-4-1-5-23)21-9-6-8(24-14(16,17)18)2-3-10(9)22(11)13/h2-3,6,8,24H,1,4-5H2,(H,20,22);2-3,6-7,23H,1,4-5H2,(H,19,21). The van der Waals surface area contributed by atoms with Crippen LogP contribution in [0.3, 0.4) is 0 Å². The van der Waals surface area contributed by atoms with E-state index in [1.807, 2.05) is 6.07 Å². The number of nitriles is 1. The Morgan fingerprint density at radius 2 is 1.22 bits per heavy atom. The molecule has 20 heteroatoms. The summed E-state index contributed by atoms with van der Waals surface area (Å²) in [5, 5.41) is 33.0. The smallest absolute Gasteiger partial charge is 0.406 e. The zero-order chi connectivity index (χ0) is 35.3. The highest BCUT2D eigenvalue weighted by atomic mass is 79.9. The first-order valence-corrected chi connectivity index (χ1v) is 15.0. The van der Waals surface area contributed by atoms with E-state index in [-0.39, 0.29) is 30.2 Å². The molecular formula is C29H24BrF6N9O4. The van der Waals surface area contributed by atoms with Gasteiger partial charge >= 0.3 is 12.7 Å². The molecule has 4 N–H and O–H groups in total. The zero-order valence-electron chi connectivity index (χ0n) is 24.8. The van der Waals surface area contributed by atoms with Crippen LogP contribution in [0.4, 0.5) is 38.0 Å². The van der Waals surface area contributed by atoms with Gasteiger partial charge in [0, 0.05) is 38.4 Å². The van der Waals surface area contributed by atoms with Crippen LogP contribution in [0.15, 0.2) is 53.4 Å². The fraction of sp³-hybridized carbons (Fsp3) is 0.276. The molecule has 0 aliphatic heterocycles. The molecule has 0 saturated heterocycles. The number of aliphatic hydroxyl groups is 2. The molecule has 2 aromatic carbocycles. The second-order valence-electron chi connectivity index (χ2n) is 9.98. The van der Waals surface area contributed by atoms with Gasteiger partial charge in [0.05, 0.1) is 34.5 Å². The molecule has 0 aliphatic carbocycles. The number of nitrogens with one attached hydrogen (secondary N) is 2. The van der Waals surface area contributed by atoms with E-state index < -0.39 is 18.5 Å². The first kappa shape index (κ1) is 35.2. The Hall–Kier alpha value is -5.13. The minimum Gasteiger partial charge on any atom is -0.406 e. The summed E-state index contributed by atoms with van der Waals surface area (Å²) in [6, 6.07) is 9.58. The molecule has 0 amide bonds. The van der Waals surface area contributed by atoms with Crippen molar-refractivity contribution in [1.29, 1.82) is 5.26 Å². The van der Waals surface area contributed by atoms with Gasteiger partial charge in [0.25, 0.3) is 0 Å². The molecule has 13 nitrogen and oxygen atoms in total. The van der Waals surface area contributed by atoms with Gasteiger partial charge in [-0.05, 0) is 53.0 Å². The fourth-order valence-corrected chi connectivity index (χ4v) is 5.14. The molecule has 6 rings (SSSR count). The Morgan fingerprint density at radius 1 is 0.755 bits per heavy atom. The summed E-state index contributed by atoms with van der Waals surface area (Å²) >= 11 is 3.37. The van der Waals surface area contributed by atoms with Crippen LogP contribution in [0.5, 0.6) is 11.5 Å². The van der Waals surface area contributed by atoms with Crippen LogP contribution in [0.1, 0.15) is 18.5 Å². The van der Waals surface area contributed by atoms with Crippen molar-refractivity contribution < 1.29 is 46.0 Å². The van der Waals surface area contributed by atoms with Gasteiger partial charge in [0.15, 0.2) is 22.9 Å². The third-order valence-corrected chi connectivity index (χ3v) is 7.14. The van der Waals surface area contributed by atoms with Crippen molar-refractivity contribution in [2.45, 2.75) is 25.6 Å². The molecule has 0 bridgehead atoms. The van der Waals surface area contributed by atoms with Gasteiger partial charge in [-0.3, -0.25) is 8.80 Å². The third kappa shape index (κ3) is 8.30. The monoisotopic (exact) mass is 755 g/mol. The molecule has 0 aliphatic rings. The lowest BCUT2D eigenvalue weighted by molar-refractivity contribution is -0.275. The normalized spacial score (nSPS) is 11.8. The van der Waals surface area contributed by atoms with Gasteiger partial charge in [0.2, 0.25) is 0 Å².